The van der Waals surface area contributed by atoms with Crippen LogP contribution in [-0.2, 0) is 0 Å². The van der Waals surface area contributed by atoms with E-state index >= 15 is 0 Å². The molecule has 0 aliphatic heterocycles. The Morgan fingerprint density at radius 3 is 1.60 bits per heavy atom. The second kappa shape index (κ2) is 11.3. The van der Waals surface area contributed by atoms with Gasteiger partial charge in [0.2, 0.25) is 0 Å². The number of hydrogen-bond donors (Lipinski definition) is 0. The molecule has 0 atom stereocenters. The molecule has 11 aromatic rings. The van der Waals surface area contributed by atoms with Crippen molar-refractivity contribution in [1.82, 2.24) is 14.1 Å². The highest BCUT2D eigenvalue weighted by molar-refractivity contribution is 6.27. The standard InChI is InChI=1S/C49H31N3/c1-2-13-33(14-3-1)48-42-30-29-40-39-19-7-11-24-46(39)52(49(40)47(42)41-20-4-8-21-43(41)50-48)35-27-25-32(26-28-35)34-15-12-16-36(31-34)51-44-22-9-5-17-37(44)38-18-6-10-23-45(38)51/h1-31H. The van der Waals surface area contributed by atoms with Crippen LogP contribution in [0.25, 0.3) is 99.0 Å². The Kier molecular flexibility index (Phi) is 6.25. The second-order valence-electron chi connectivity index (χ2n) is 13.5. The summed E-state index contributed by atoms with van der Waals surface area (Å²) >= 11 is 0. The highest BCUT2D eigenvalue weighted by Gasteiger charge is 2.20. The third-order valence-electron chi connectivity index (χ3n) is 10.7. The predicted octanol–water partition coefficient (Wildman–Crippen LogP) is 12.9. The summed E-state index contributed by atoms with van der Waals surface area (Å²) in [5, 5.41) is 8.55. The molecular formula is C49H31N3. The number of aromatic nitrogens is 3. The monoisotopic (exact) mass is 661 g/mol. The maximum atomic E-state index is 5.23. The Bertz CT molecular complexity index is 3110. The Hall–Kier alpha value is -6.97. The quantitative estimate of drug-likeness (QED) is 0.172. The van der Waals surface area contributed by atoms with Crippen molar-refractivity contribution in [1.29, 1.82) is 0 Å². The van der Waals surface area contributed by atoms with E-state index in [1.165, 1.54) is 60.1 Å². The molecule has 0 unspecified atom stereocenters. The molecule has 0 saturated heterocycles. The van der Waals surface area contributed by atoms with Gasteiger partial charge >= 0.3 is 0 Å². The van der Waals surface area contributed by atoms with E-state index in [9.17, 15) is 0 Å². The van der Waals surface area contributed by atoms with Crippen LogP contribution in [-0.4, -0.2) is 14.1 Å². The second-order valence-corrected chi connectivity index (χ2v) is 13.5. The van der Waals surface area contributed by atoms with Crippen LogP contribution in [0.1, 0.15) is 0 Å². The van der Waals surface area contributed by atoms with Gasteiger partial charge in [0.25, 0.3) is 0 Å². The average molecular weight is 662 g/mol. The van der Waals surface area contributed by atoms with Gasteiger partial charge in [0, 0.05) is 54.6 Å². The van der Waals surface area contributed by atoms with Gasteiger partial charge in [0.1, 0.15) is 0 Å². The fourth-order valence-electron chi connectivity index (χ4n) is 8.40. The van der Waals surface area contributed by atoms with Crippen molar-refractivity contribution in [3.8, 4) is 33.8 Å². The summed E-state index contributed by atoms with van der Waals surface area (Å²) in [4.78, 5) is 5.23. The first kappa shape index (κ1) is 28.8. The Balaban J connectivity index is 1.12. The van der Waals surface area contributed by atoms with Gasteiger partial charge in [-0.3, -0.25) is 0 Å². The lowest BCUT2D eigenvalue weighted by Gasteiger charge is -2.15. The zero-order valence-electron chi connectivity index (χ0n) is 28.2. The van der Waals surface area contributed by atoms with E-state index in [0.717, 1.165) is 38.9 Å². The molecule has 3 heterocycles. The SMILES string of the molecule is c1ccc(-c2nc3ccccc3c3c2ccc2c4ccccc4n(-c4ccc(-c5cccc(-n6c7ccccc7c7ccccc76)c5)cc4)c23)cc1. The lowest BCUT2D eigenvalue weighted by molar-refractivity contribution is 1.18. The lowest BCUT2D eigenvalue weighted by Crippen LogP contribution is -1.97. The first-order chi connectivity index (χ1) is 25.8. The molecule has 0 bridgehead atoms. The van der Waals surface area contributed by atoms with E-state index in [-0.39, 0.29) is 0 Å². The van der Waals surface area contributed by atoms with Crippen molar-refractivity contribution in [2.75, 3.05) is 0 Å². The highest BCUT2D eigenvalue weighted by atomic mass is 15.0. The van der Waals surface area contributed by atoms with Crippen molar-refractivity contribution < 1.29 is 0 Å². The normalized spacial score (nSPS) is 11.8. The maximum Gasteiger partial charge on any atom is 0.0788 e. The molecule has 11 rings (SSSR count). The molecule has 0 fully saturated rings. The van der Waals surface area contributed by atoms with Crippen LogP contribution in [0.3, 0.4) is 0 Å². The lowest BCUT2D eigenvalue weighted by atomic mass is 9.97. The molecule has 0 radical (unpaired) electrons. The Labute approximate surface area is 300 Å². The molecule has 8 aromatic carbocycles. The number of pyridine rings is 1. The number of rotatable bonds is 4. The van der Waals surface area contributed by atoms with Crippen LogP contribution in [0, 0.1) is 0 Å². The summed E-state index contributed by atoms with van der Waals surface area (Å²) in [6, 6.07) is 67.8. The Morgan fingerprint density at radius 1 is 0.327 bits per heavy atom. The number of para-hydroxylation sites is 4. The van der Waals surface area contributed by atoms with Crippen molar-refractivity contribution >= 4 is 65.3 Å². The van der Waals surface area contributed by atoms with Crippen molar-refractivity contribution in [3.05, 3.63) is 188 Å². The highest BCUT2D eigenvalue weighted by Crippen LogP contribution is 2.42. The van der Waals surface area contributed by atoms with E-state index in [1.807, 2.05) is 0 Å². The third kappa shape index (κ3) is 4.23. The number of hydrogen-bond acceptors (Lipinski definition) is 1. The predicted molar refractivity (Wildman–Crippen MR) is 219 cm³/mol. The molecule has 0 aliphatic rings. The molecule has 0 spiro atoms. The summed E-state index contributed by atoms with van der Waals surface area (Å²) < 4.78 is 4.83. The van der Waals surface area contributed by atoms with E-state index in [1.54, 1.807) is 0 Å². The summed E-state index contributed by atoms with van der Waals surface area (Å²) in [5.74, 6) is 0. The van der Waals surface area contributed by atoms with Crippen LogP contribution in [0.15, 0.2) is 188 Å². The van der Waals surface area contributed by atoms with Crippen molar-refractivity contribution in [3.63, 3.8) is 0 Å². The molecular weight excluding hydrogens is 631 g/mol. The van der Waals surface area contributed by atoms with E-state index in [2.05, 4.69) is 197 Å². The molecule has 52 heavy (non-hydrogen) atoms. The maximum absolute atomic E-state index is 5.23. The third-order valence-corrected chi connectivity index (χ3v) is 10.7. The van der Waals surface area contributed by atoms with E-state index < -0.39 is 0 Å². The van der Waals surface area contributed by atoms with Crippen LogP contribution in [0.5, 0.6) is 0 Å². The molecule has 0 N–H and O–H groups in total. The molecule has 0 amide bonds. The average Bonchev–Trinajstić information content (AvgIpc) is 3.74. The summed E-state index contributed by atoms with van der Waals surface area (Å²) in [6.45, 7) is 0. The molecule has 0 saturated carbocycles. The fourth-order valence-corrected chi connectivity index (χ4v) is 8.40. The molecule has 0 aliphatic carbocycles. The largest absolute Gasteiger partial charge is 0.309 e. The Morgan fingerprint density at radius 2 is 0.885 bits per heavy atom. The van der Waals surface area contributed by atoms with Gasteiger partial charge in [-0.15, -0.1) is 0 Å². The molecule has 242 valence electrons. The van der Waals surface area contributed by atoms with Gasteiger partial charge in [0.15, 0.2) is 0 Å². The van der Waals surface area contributed by atoms with Crippen LogP contribution < -0.4 is 0 Å². The van der Waals surface area contributed by atoms with Crippen LogP contribution >= 0.6 is 0 Å². The topological polar surface area (TPSA) is 22.8 Å². The van der Waals surface area contributed by atoms with Crippen LogP contribution in [0.4, 0.5) is 0 Å². The summed E-state index contributed by atoms with van der Waals surface area (Å²) in [5.41, 5.74) is 12.6. The van der Waals surface area contributed by atoms with E-state index in [4.69, 9.17) is 4.98 Å². The van der Waals surface area contributed by atoms with Crippen molar-refractivity contribution in [2.45, 2.75) is 0 Å². The fraction of sp³-hybridized carbons (Fsp3) is 0. The summed E-state index contributed by atoms with van der Waals surface area (Å²) in [6.07, 6.45) is 0. The first-order valence-electron chi connectivity index (χ1n) is 17.8. The minimum atomic E-state index is 0.997. The van der Waals surface area contributed by atoms with Gasteiger partial charge in [-0.05, 0) is 59.7 Å². The number of nitrogens with zero attached hydrogens (tertiary/aromatic N) is 3. The van der Waals surface area contributed by atoms with Gasteiger partial charge < -0.3 is 9.13 Å². The van der Waals surface area contributed by atoms with Gasteiger partial charge in [-0.1, -0.05) is 140 Å². The van der Waals surface area contributed by atoms with Gasteiger partial charge in [-0.2, -0.15) is 0 Å². The molecule has 3 nitrogen and oxygen atoms in total. The summed E-state index contributed by atoms with van der Waals surface area (Å²) in [7, 11) is 0. The molecule has 3 heteroatoms. The number of benzene rings is 8. The van der Waals surface area contributed by atoms with E-state index in [0.29, 0.717) is 0 Å². The zero-order chi connectivity index (χ0) is 34.2. The molecule has 3 aromatic heterocycles. The number of fused-ring (bicyclic) bond motifs is 10. The first-order valence-corrected chi connectivity index (χ1v) is 17.8. The minimum Gasteiger partial charge on any atom is -0.309 e. The van der Waals surface area contributed by atoms with Gasteiger partial charge in [0.05, 0.1) is 33.3 Å². The zero-order valence-corrected chi connectivity index (χ0v) is 28.2. The van der Waals surface area contributed by atoms with Crippen LogP contribution in [0.2, 0.25) is 0 Å². The minimum absolute atomic E-state index is 0.997. The smallest absolute Gasteiger partial charge is 0.0788 e. The van der Waals surface area contributed by atoms with Crippen molar-refractivity contribution in [2.24, 2.45) is 0 Å². The van der Waals surface area contributed by atoms with Gasteiger partial charge in [-0.25, -0.2) is 4.98 Å².